The van der Waals surface area contributed by atoms with Crippen LogP contribution >= 0.6 is 35.3 Å². The summed E-state index contributed by atoms with van der Waals surface area (Å²) in [5.74, 6) is 1.37. The Kier molecular flexibility index (Phi) is 10.0. The summed E-state index contributed by atoms with van der Waals surface area (Å²) in [6.45, 7) is 7.69. The Morgan fingerprint density at radius 2 is 2.00 bits per heavy atom. The lowest BCUT2D eigenvalue weighted by molar-refractivity contribution is -0.140. The maximum Gasteiger partial charge on any atom is 0.434 e. The van der Waals surface area contributed by atoms with E-state index in [1.807, 2.05) is 39.0 Å². The van der Waals surface area contributed by atoms with Crippen LogP contribution in [0.5, 0.6) is 5.75 Å². The van der Waals surface area contributed by atoms with Crippen LogP contribution in [-0.4, -0.2) is 24.1 Å². The molecule has 10 heteroatoms. The van der Waals surface area contributed by atoms with Crippen molar-refractivity contribution in [3.63, 3.8) is 0 Å². The molecule has 0 aliphatic carbocycles. The minimum Gasteiger partial charge on any atom is -0.494 e. The molecule has 0 unspecified atom stereocenters. The molecule has 0 saturated heterocycles. The van der Waals surface area contributed by atoms with E-state index in [2.05, 4.69) is 20.6 Å². The SMILES string of the molecule is CCNC(=NCc1ccc(OCC)c(C)c1)NCc1nc(C(F)(F)F)cs1.I. The number of aliphatic imine (C=N–C) groups is 1. The number of benzene rings is 1. The van der Waals surface area contributed by atoms with Crippen LogP contribution < -0.4 is 15.4 Å². The second kappa shape index (κ2) is 11.4. The number of aromatic nitrogens is 1. The molecule has 5 nitrogen and oxygen atoms in total. The molecule has 156 valence electrons. The van der Waals surface area contributed by atoms with E-state index < -0.39 is 11.9 Å². The first-order chi connectivity index (χ1) is 12.8. The smallest absolute Gasteiger partial charge is 0.434 e. The normalized spacial score (nSPS) is 11.7. The summed E-state index contributed by atoms with van der Waals surface area (Å²) in [6, 6.07) is 5.87. The fraction of sp³-hybridized carbons (Fsp3) is 0.444. The number of nitrogens with one attached hydrogen (secondary N) is 2. The summed E-state index contributed by atoms with van der Waals surface area (Å²) in [7, 11) is 0. The Balaban J connectivity index is 0.00000392. The zero-order valence-electron chi connectivity index (χ0n) is 15.9. The number of hydrogen-bond donors (Lipinski definition) is 2. The van der Waals surface area contributed by atoms with E-state index in [0.717, 1.165) is 33.6 Å². The highest BCUT2D eigenvalue weighted by Crippen LogP contribution is 2.29. The van der Waals surface area contributed by atoms with Gasteiger partial charge in [0.1, 0.15) is 10.8 Å². The fourth-order valence-electron chi connectivity index (χ4n) is 2.32. The summed E-state index contributed by atoms with van der Waals surface area (Å²) >= 11 is 0.969. The van der Waals surface area contributed by atoms with Crippen LogP contribution in [0, 0.1) is 6.92 Å². The van der Waals surface area contributed by atoms with Crippen molar-refractivity contribution in [2.24, 2.45) is 4.99 Å². The topological polar surface area (TPSA) is 58.5 Å². The zero-order chi connectivity index (χ0) is 19.9. The number of rotatable bonds is 7. The van der Waals surface area contributed by atoms with Crippen LogP contribution in [0.15, 0.2) is 28.6 Å². The number of aryl methyl sites for hydroxylation is 1. The van der Waals surface area contributed by atoms with Gasteiger partial charge in [0.05, 0.1) is 19.7 Å². The van der Waals surface area contributed by atoms with E-state index in [4.69, 9.17) is 4.74 Å². The molecule has 2 N–H and O–H groups in total. The Morgan fingerprint density at radius 1 is 1.25 bits per heavy atom. The Hall–Kier alpha value is -1.56. The van der Waals surface area contributed by atoms with Crippen LogP contribution in [0.3, 0.4) is 0 Å². The molecule has 1 aromatic heterocycles. The monoisotopic (exact) mass is 528 g/mol. The van der Waals surface area contributed by atoms with Crippen LogP contribution in [0.2, 0.25) is 0 Å². The highest BCUT2D eigenvalue weighted by molar-refractivity contribution is 14.0. The number of hydrogen-bond acceptors (Lipinski definition) is 4. The van der Waals surface area contributed by atoms with Crippen molar-refractivity contribution in [2.45, 2.75) is 40.0 Å². The Labute approximate surface area is 183 Å². The maximum absolute atomic E-state index is 12.6. The molecule has 0 spiro atoms. The zero-order valence-corrected chi connectivity index (χ0v) is 19.0. The molecular formula is C18H24F3IN4OS. The van der Waals surface area contributed by atoms with Crippen LogP contribution in [-0.2, 0) is 19.3 Å². The Bertz CT molecular complexity index is 780. The van der Waals surface area contributed by atoms with Gasteiger partial charge in [0.2, 0.25) is 0 Å². The average Bonchev–Trinajstić information content (AvgIpc) is 3.09. The molecule has 0 atom stereocenters. The van der Waals surface area contributed by atoms with E-state index in [1.54, 1.807) is 0 Å². The summed E-state index contributed by atoms with van der Waals surface area (Å²) in [4.78, 5) is 8.08. The van der Waals surface area contributed by atoms with Crippen molar-refractivity contribution >= 4 is 41.3 Å². The van der Waals surface area contributed by atoms with E-state index in [-0.39, 0.29) is 30.5 Å². The van der Waals surface area contributed by atoms with Crippen LogP contribution in [0.4, 0.5) is 13.2 Å². The summed E-state index contributed by atoms with van der Waals surface area (Å²) in [5.41, 5.74) is 1.18. The summed E-state index contributed by atoms with van der Waals surface area (Å²) in [6.07, 6.45) is -4.42. The van der Waals surface area contributed by atoms with Gasteiger partial charge in [-0.1, -0.05) is 12.1 Å². The first kappa shape index (κ1) is 24.5. The van der Waals surface area contributed by atoms with Crippen molar-refractivity contribution in [3.05, 3.63) is 45.4 Å². The highest BCUT2D eigenvalue weighted by Gasteiger charge is 2.33. The molecule has 0 amide bonds. The third kappa shape index (κ3) is 7.46. The largest absolute Gasteiger partial charge is 0.494 e. The molecule has 0 radical (unpaired) electrons. The molecule has 0 aliphatic heterocycles. The molecule has 0 aliphatic rings. The second-order valence-electron chi connectivity index (χ2n) is 5.71. The van der Waals surface area contributed by atoms with Gasteiger partial charge in [-0.15, -0.1) is 35.3 Å². The number of guanidine groups is 1. The van der Waals surface area contributed by atoms with E-state index in [1.165, 1.54) is 0 Å². The lowest BCUT2D eigenvalue weighted by atomic mass is 10.1. The molecule has 2 rings (SSSR count). The van der Waals surface area contributed by atoms with Gasteiger partial charge < -0.3 is 15.4 Å². The molecule has 0 saturated carbocycles. The van der Waals surface area contributed by atoms with Gasteiger partial charge in [-0.2, -0.15) is 13.2 Å². The number of nitrogens with zero attached hydrogens (tertiary/aromatic N) is 2. The van der Waals surface area contributed by atoms with Gasteiger partial charge in [-0.3, -0.25) is 0 Å². The summed E-state index contributed by atoms with van der Waals surface area (Å²) in [5, 5.41) is 7.46. The molecular weight excluding hydrogens is 504 g/mol. The van der Waals surface area contributed by atoms with Crippen molar-refractivity contribution in [1.82, 2.24) is 15.6 Å². The van der Waals surface area contributed by atoms with Crippen molar-refractivity contribution in [2.75, 3.05) is 13.2 Å². The van der Waals surface area contributed by atoms with Gasteiger partial charge in [0, 0.05) is 11.9 Å². The predicted octanol–water partition coefficient (Wildman–Crippen LogP) is 4.74. The minimum atomic E-state index is -4.42. The van der Waals surface area contributed by atoms with Crippen LogP contribution in [0.1, 0.15) is 35.7 Å². The molecule has 28 heavy (non-hydrogen) atoms. The van der Waals surface area contributed by atoms with Crippen molar-refractivity contribution < 1.29 is 17.9 Å². The van der Waals surface area contributed by atoms with Crippen molar-refractivity contribution in [3.8, 4) is 5.75 Å². The Morgan fingerprint density at radius 3 is 2.57 bits per heavy atom. The molecule has 0 fully saturated rings. The van der Waals surface area contributed by atoms with Gasteiger partial charge in [-0.05, 0) is 38.0 Å². The third-order valence-corrected chi connectivity index (χ3v) is 4.40. The molecule has 1 heterocycles. The average molecular weight is 528 g/mol. The quantitative estimate of drug-likeness (QED) is 0.310. The second-order valence-corrected chi connectivity index (χ2v) is 6.65. The first-order valence-electron chi connectivity index (χ1n) is 8.59. The number of thiazole rings is 1. The fourth-order valence-corrected chi connectivity index (χ4v) is 3.06. The van der Waals surface area contributed by atoms with Gasteiger partial charge in [0.15, 0.2) is 11.7 Å². The summed E-state index contributed by atoms with van der Waals surface area (Å²) < 4.78 is 43.4. The van der Waals surface area contributed by atoms with Gasteiger partial charge in [0.25, 0.3) is 0 Å². The lowest BCUT2D eigenvalue weighted by Gasteiger charge is -2.11. The number of ether oxygens (including phenoxy) is 1. The molecule has 0 bridgehead atoms. The van der Waals surface area contributed by atoms with E-state index in [9.17, 15) is 13.2 Å². The minimum absolute atomic E-state index is 0. The molecule has 1 aromatic carbocycles. The van der Waals surface area contributed by atoms with Crippen molar-refractivity contribution in [1.29, 1.82) is 0 Å². The van der Waals surface area contributed by atoms with Gasteiger partial charge in [-0.25, -0.2) is 9.98 Å². The standard InChI is InChI=1S/C18H23F3N4OS.HI/c1-4-22-17(24-10-16-25-15(11-27-16)18(19,20)21)23-9-13-6-7-14(26-5-2)12(3)8-13;/h6-8,11H,4-5,9-10H2,1-3H3,(H2,22,23,24);1H. The predicted molar refractivity (Wildman–Crippen MR) is 117 cm³/mol. The van der Waals surface area contributed by atoms with E-state index >= 15 is 0 Å². The van der Waals surface area contributed by atoms with Crippen LogP contribution in [0.25, 0.3) is 0 Å². The van der Waals surface area contributed by atoms with Gasteiger partial charge >= 0.3 is 6.18 Å². The first-order valence-corrected chi connectivity index (χ1v) is 9.47. The highest BCUT2D eigenvalue weighted by atomic mass is 127. The third-order valence-electron chi connectivity index (χ3n) is 3.55. The molecule has 2 aromatic rings. The number of alkyl halides is 3. The van der Waals surface area contributed by atoms with E-state index in [0.29, 0.717) is 30.7 Å². The maximum atomic E-state index is 12.6. The number of halogens is 4. The lowest BCUT2D eigenvalue weighted by Crippen LogP contribution is -2.36.